The van der Waals surface area contributed by atoms with E-state index in [-0.39, 0.29) is 5.92 Å². The molecule has 168 valence electrons. The molecular formula is C27H43NO2. The maximum Gasteiger partial charge on any atom is 0.136 e. The number of fused-ring (bicyclic) bond motifs is 2. The van der Waals surface area contributed by atoms with Gasteiger partial charge >= 0.3 is 0 Å². The van der Waals surface area contributed by atoms with Gasteiger partial charge in [0.2, 0.25) is 0 Å². The third-order valence-corrected chi connectivity index (χ3v) is 7.11. The van der Waals surface area contributed by atoms with Gasteiger partial charge in [0, 0.05) is 31.0 Å². The van der Waals surface area contributed by atoms with E-state index >= 15 is 0 Å². The first-order valence-corrected chi connectivity index (χ1v) is 12.7. The molecule has 2 aliphatic heterocycles. The molecule has 30 heavy (non-hydrogen) atoms. The molecule has 0 radical (unpaired) electrons. The molecule has 2 heterocycles. The fourth-order valence-corrected chi connectivity index (χ4v) is 5.30. The zero-order valence-corrected chi connectivity index (χ0v) is 19.2. The maximum absolute atomic E-state index is 12.9. The van der Waals surface area contributed by atoms with Gasteiger partial charge in [0.25, 0.3) is 0 Å². The van der Waals surface area contributed by atoms with Crippen LogP contribution in [0, 0.1) is 5.92 Å². The highest BCUT2D eigenvalue weighted by Gasteiger charge is 2.40. The standard InChI is InChI=1S/C27H43NO2/c1-2-3-4-5-6-7-8-9-10-14-17-27(29)24-18-25-21-30-22-26(19-24)28(25)20-23-15-12-11-13-16-23/h11-13,15-16,24-26H,2-10,14,17-22H2,1H3. The minimum atomic E-state index is 0.259. The molecule has 0 N–H and O–H groups in total. The molecule has 3 heteroatoms. The van der Waals surface area contributed by atoms with Crippen LogP contribution in [-0.4, -0.2) is 36.0 Å². The van der Waals surface area contributed by atoms with E-state index in [1.165, 1.54) is 63.4 Å². The van der Waals surface area contributed by atoms with Crippen LogP contribution in [0.1, 0.15) is 96.0 Å². The highest BCUT2D eigenvalue weighted by atomic mass is 16.5. The van der Waals surface area contributed by atoms with Crippen molar-refractivity contribution in [3.8, 4) is 0 Å². The van der Waals surface area contributed by atoms with Crippen LogP contribution in [0.3, 0.4) is 0 Å². The van der Waals surface area contributed by atoms with Gasteiger partial charge in [-0.2, -0.15) is 0 Å². The Morgan fingerprint density at radius 1 is 0.867 bits per heavy atom. The van der Waals surface area contributed by atoms with Crippen molar-refractivity contribution in [2.24, 2.45) is 5.92 Å². The second-order valence-electron chi connectivity index (χ2n) is 9.57. The average Bonchev–Trinajstić information content (AvgIpc) is 2.75. The summed E-state index contributed by atoms with van der Waals surface area (Å²) in [6, 6.07) is 11.5. The van der Waals surface area contributed by atoms with Crippen LogP contribution in [-0.2, 0) is 16.1 Å². The van der Waals surface area contributed by atoms with Crippen molar-refractivity contribution >= 4 is 5.78 Å². The number of hydrogen-bond acceptors (Lipinski definition) is 3. The summed E-state index contributed by atoms with van der Waals surface area (Å²) in [6.07, 6.45) is 16.0. The third-order valence-electron chi connectivity index (χ3n) is 7.11. The van der Waals surface area contributed by atoms with Crippen molar-refractivity contribution in [2.45, 2.75) is 109 Å². The third kappa shape index (κ3) is 7.50. The lowest BCUT2D eigenvalue weighted by molar-refractivity contribution is -0.133. The Morgan fingerprint density at radius 2 is 1.43 bits per heavy atom. The number of carbonyl (C=O) groups excluding carboxylic acids is 1. The quantitative estimate of drug-likeness (QED) is 0.324. The number of nitrogens with zero attached hydrogens (tertiary/aromatic N) is 1. The van der Waals surface area contributed by atoms with E-state index in [9.17, 15) is 4.79 Å². The molecule has 2 aliphatic rings. The van der Waals surface area contributed by atoms with Gasteiger partial charge in [-0.05, 0) is 24.8 Å². The van der Waals surface area contributed by atoms with Crippen LogP contribution in [0.25, 0.3) is 0 Å². The van der Waals surface area contributed by atoms with Crippen molar-refractivity contribution in [3.63, 3.8) is 0 Å². The molecule has 0 saturated carbocycles. The first-order chi connectivity index (χ1) is 14.8. The van der Waals surface area contributed by atoms with Gasteiger partial charge in [-0.15, -0.1) is 0 Å². The predicted molar refractivity (Wildman–Crippen MR) is 125 cm³/mol. The summed E-state index contributed by atoms with van der Waals surface area (Å²) in [5, 5.41) is 0. The molecule has 0 amide bonds. The van der Waals surface area contributed by atoms with Crippen LogP contribution in [0.5, 0.6) is 0 Å². The van der Waals surface area contributed by atoms with Crippen LogP contribution >= 0.6 is 0 Å². The maximum atomic E-state index is 12.9. The monoisotopic (exact) mass is 413 g/mol. The Hall–Kier alpha value is -1.19. The summed E-state index contributed by atoms with van der Waals surface area (Å²) >= 11 is 0. The van der Waals surface area contributed by atoms with E-state index in [1.54, 1.807) is 0 Å². The number of unbranched alkanes of at least 4 members (excludes halogenated alkanes) is 9. The smallest absolute Gasteiger partial charge is 0.136 e. The number of carbonyl (C=O) groups is 1. The van der Waals surface area contributed by atoms with Gasteiger partial charge in [0.05, 0.1) is 13.2 Å². The van der Waals surface area contributed by atoms with Crippen LogP contribution < -0.4 is 0 Å². The van der Waals surface area contributed by atoms with Gasteiger partial charge in [-0.1, -0.05) is 95.0 Å². The van der Waals surface area contributed by atoms with Gasteiger partial charge in [-0.25, -0.2) is 0 Å². The lowest BCUT2D eigenvalue weighted by atomic mass is 9.81. The van der Waals surface area contributed by atoms with E-state index in [2.05, 4.69) is 42.2 Å². The van der Waals surface area contributed by atoms with Crippen LogP contribution in [0.2, 0.25) is 0 Å². The summed E-state index contributed by atoms with van der Waals surface area (Å²) < 4.78 is 5.85. The number of Topliss-reactive ketones (excluding diaryl/α,β-unsaturated/α-hetero) is 1. The summed E-state index contributed by atoms with van der Waals surface area (Å²) in [6.45, 7) is 4.82. The van der Waals surface area contributed by atoms with Crippen LogP contribution in [0.15, 0.2) is 30.3 Å². The summed E-state index contributed by atoms with van der Waals surface area (Å²) in [4.78, 5) is 15.5. The molecule has 2 fully saturated rings. The molecule has 0 spiro atoms. The van der Waals surface area contributed by atoms with Crippen LogP contribution in [0.4, 0.5) is 0 Å². The first-order valence-electron chi connectivity index (χ1n) is 12.7. The first kappa shape index (κ1) is 23.5. The molecule has 3 nitrogen and oxygen atoms in total. The van der Waals surface area contributed by atoms with Gasteiger partial charge in [0.1, 0.15) is 5.78 Å². The molecule has 2 bridgehead atoms. The van der Waals surface area contributed by atoms with Gasteiger partial charge < -0.3 is 4.74 Å². The largest absolute Gasteiger partial charge is 0.378 e. The van der Waals surface area contributed by atoms with E-state index < -0.39 is 0 Å². The number of rotatable bonds is 14. The molecule has 1 aromatic carbocycles. The van der Waals surface area contributed by atoms with Gasteiger partial charge in [0.15, 0.2) is 0 Å². The molecule has 2 atom stereocenters. The number of hydrogen-bond donors (Lipinski definition) is 0. The van der Waals surface area contributed by atoms with Crippen molar-refractivity contribution in [3.05, 3.63) is 35.9 Å². The van der Waals surface area contributed by atoms with E-state index in [4.69, 9.17) is 4.74 Å². The molecule has 1 aromatic rings. The Kier molecular flexibility index (Phi) is 10.4. The number of ether oxygens (including phenoxy) is 1. The zero-order valence-electron chi connectivity index (χ0n) is 19.2. The van der Waals surface area contributed by atoms with Crippen molar-refractivity contribution in [2.75, 3.05) is 13.2 Å². The Bertz CT molecular complexity index is 588. The number of ketones is 1. The van der Waals surface area contributed by atoms with E-state index in [0.29, 0.717) is 17.9 Å². The molecule has 0 aliphatic carbocycles. The minimum absolute atomic E-state index is 0.259. The molecular weight excluding hydrogens is 370 g/mol. The number of morpholine rings is 1. The predicted octanol–water partition coefficient (Wildman–Crippen LogP) is 6.55. The Labute approximate surface area is 184 Å². The summed E-state index contributed by atoms with van der Waals surface area (Å²) in [5.41, 5.74) is 1.37. The second-order valence-corrected chi connectivity index (χ2v) is 9.57. The molecule has 0 aromatic heterocycles. The fraction of sp³-hybridized carbons (Fsp3) is 0.741. The van der Waals surface area contributed by atoms with E-state index in [1.807, 2.05) is 0 Å². The SMILES string of the molecule is CCCCCCCCCCCCC(=O)C1CC2COCC(C1)N2Cc1ccccc1. The van der Waals surface area contributed by atoms with E-state index in [0.717, 1.165) is 45.4 Å². The Morgan fingerprint density at radius 3 is 2.03 bits per heavy atom. The van der Waals surface area contributed by atoms with Crippen molar-refractivity contribution in [1.29, 1.82) is 0 Å². The van der Waals surface area contributed by atoms with Gasteiger partial charge in [-0.3, -0.25) is 9.69 Å². The van der Waals surface area contributed by atoms with Crippen molar-refractivity contribution in [1.82, 2.24) is 4.90 Å². The normalized spacial score (nSPS) is 24.1. The molecule has 2 unspecified atom stereocenters. The Balaban J connectivity index is 1.32. The minimum Gasteiger partial charge on any atom is -0.378 e. The summed E-state index contributed by atoms with van der Waals surface area (Å²) in [5.74, 6) is 0.778. The topological polar surface area (TPSA) is 29.5 Å². The number of benzene rings is 1. The summed E-state index contributed by atoms with van der Waals surface area (Å²) in [7, 11) is 0. The van der Waals surface area contributed by atoms with Crippen molar-refractivity contribution < 1.29 is 9.53 Å². The molecule has 2 saturated heterocycles. The highest BCUT2D eigenvalue weighted by molar-refractivity contribution is 5.81. The second kappa shape index (κ2) is 13.3. The molecule has 3 rings (SSSR count). The highest BCUT2D eigenvalue weighted by Crippen LogP contribution is 2.34. The number of piperidine rings is 1. The lowest BCUT2D eigenvalue weighted by Gasteiger charge is -2.48. The lowest BCUT2D eigenvalue weighted by Crippen LogP contribution is -2.57. The zero-order chi connectivity index (χ0) is 21.0. The average molecular weight is 414 g/mol. The fourth-order valence-electron chi connectivity index (χ4n) is 5.30.